The molecule has 3 aromatic rings. The van der Waals surface area contributed by atoms with Crippen LogP contribution in [-0.4, -0.2) is 28.4 Å². The summed E-state index contributed by atoms with van der Waals surface area (Å²) in [7, 11) is 0. The number of thioether (sulfide) groups is 1. The van der Waals surface area contributed by atoms with Gasteiger partial charge in [-0.2, -0.15) is 0 Å². The number of imide groups is 1. The molecule has 2 amide bonds. The Hall–Kier alpha value is -3.35. The van der Waals surface area contributed by atoms with Gasteiger partial charge in [-0.3, -0.25) is 19.3 Å². The number of hydrogen-bond acceptors (Lipinski definition) is 5. The Labute approximate surface area is 194 Å². The first kappa shape index (κ1) is 21.9. The number of nitrogens with zero attached hydrogens (tertiary/aromatic N) is 1. The van der Waals surface area contributed by atoms with E-state index in [1.807, 2.05) is 54.6 Å². The highest BCUT2D eigenvalue weighted by Crippen LogP contribution is 2.34. The van der Waals surface area contributed by atoms with Crippen molar-refractivity contribution in [3.05, 3.63) is 105 Å². The number of benzene rings is 3. The van der Waals surface area contributed by atoms with Gasteiger partial charge in [-0.15, -0.1) is 0 Å². The van der Waals surface area contributed by atoms with Gasteiger partial charge in [-0.25, -0.2) is 0 Å². The first-order valence-corrected chi connectivity index (χ1v) is 11.0. The van der Waals surface area contributed by atoms with Gasteiger partial charge in [0.25, 0.3) is 11.1 Å². The number of halogens is 1. The average Bonchev–Trinajstić information content (AvgIpc) is 3.07. The molecule has 1 heterocycles. The van der Waals surface area contributed by atoms with Crippen molar-refractivity contribution >= 4 is 46.4 Å². The minimum absolute atomic E-state index is 0.245. The molecule has 0 radical (unpaired) electrons. The normalized spacial score (nSPS) is 14.8. The fourth-order valence-electron chi connectivity index (χ4n) is 3.11. The van der Waals surface area contributed by atoms with Crippen molar-refractivity contribution in [3.8, 4) is 5.75 Å². The van der Waals surface area contributed by atoms with Crippen molar-refractivity contribution in [2.24, 2.45) is 0 Å². The van der Waals surface area contributed by atoms with Crippen molar-refractivity contribution in [3.63, 3.8) is 0 Å². The van der Waals surface area contributed by atoms with E-state index in [1.54, 1.807) is 30.3 Å². The molecule has 0 saturated carbocycles. The summed E-state index contributed by atoms with van der Waals surface area (Å²) >= 11 is 6.66. The summed E-state index contributed by atoms with van der Waals surface area (Å²) in [6.07, 6.45) is 1.62. The van der Waals surface area contributed by atoms with Crippen LogP contribution in [0.5, 0.6) is 5.75 Å². The minimum atomic E-state index is -0.500. The monoisotopic (exact) mass is 463 g/mol. The van der Waals surface area contributed by atoms with Crippen LogP contribution in [-0.2, 0) is 11.4 Å². The summed E-state index contributed by atoms with van der Waals surface area (Å²) in [4.78, 5) is 39.0. The maximum atomic E-state index is 12.8. The second-order valence-corrected chi connectivity index (χ2v) is 8.44. The third-order valence-corrected chi connectivity index (χ3v) is 5.94. The van der Waals surface area contributed by atoms with Crippen molar-refractivity contribution in [1.82, 2.24) is 4.90 Å². The predicted molar refractivity (Wildman–Crippen MR) is 126 cm³/mol. The summed E-state index contributed by atoms with van der Waals surface area (Å²) in [6, 6.07) is 23.4. The molecule has 0 unspecified atom stereocenters. The van der Waals surface area contributed by atoms with Gasteiger partial charge >= 0.3 is 0 Å². The quantitative estimate of drug-likeness (QED) is 0.325. The number of hydrogen-bond donors (Lipinski definition) is 0. The van der Waals surface area contributed by atoms with Crippen LogP contribution in [0.2, 0.25) is 5.02 Å². The van der Waals surface area contributed by atoms with Crippen LogP contribution in [0.3, 0.4) is 0 Å². The lowest BCUT2D eigenvalue weighted by atomic mass is 10.1. The van der Waals surface area contributed by atoms with Gasteiger partial charge in [-0.1, -0.05) is 60.1 Å². The lowest BCUT2D eigenvalue weighted by Gasteiger charge is -2.11. The molecule has 0 spiro atoms. The highest BCUT2D eigenvalue weighted by Gasteiger charge is 2.36. The number of para-hydroxylation sites is 1. The molecule has 5 nitrogen and oxygen atoms in total. The van der Waals surface area contributed by atoms with E-state index in [4.69, 9.17) is 16.3 Å². The van der Waals surface area contributed by atoms with Crippen LogP contribution in [0.15, 0.2) is 83.8 Å². The van der Waals surface area contributed by atoms with Crippen molar-refractivity contribution in [2.75, 3.05) is 6.54 Å². The second kappa shape index (κ2) is 9.85. The average molecular weight is 464 g/mol. The Bertz CT molecular complexity index is 1190. The number of ketones is 1. The highest BCUT2D eigenvalue weighted by molar-refractivity contribution is 8.18. The molecule has 7 heteroatoms. The largest absolute Gasteiger partial charge is 0.488 e. The summed E-state index contributed by atoms with van der Waals surface area (Å²) < 4.78 is 5.93. The standard InChI is InChI=1S/C25H18ClNO4S/c26-20-12-10-18(11-13-20)21(28)15-27-24(29)23(32-25(27)30)14-19-8-4-5-9-22(19)31-16-17-6-2-1-3-7-17/h1-14H,15-16H2/b23-14-. The maximum Gasteiger partial charge on any atom is 0.293 e. The molecule has 1 aliphatic rings. The molecular weight excluding hydrogens is 446 g/mol. The molecule has 1 saturated heterocycles. The Kier molecular flexibility index (Phi) is 6.73. The van der Waals surface area contributed by atoms with Gasteiger partial charge in [0.05, 0.1) is 11.4 Å². The van der Waals surface area contributed by atoms with Crippen molar-refractivity contribution in [2.45, 2.75) is 6.61 Å². The Morgan fingerprint density at radius 3 is 2.38 bits per heavy atom. The van der Waals surface area contributed by atoms with Gasteiger partial charge in [0.15, 0.2) is 5.78 Å². The third kappa shape index (κ3) is 5.10. The summed E-state index contributed by atoms with van der Waals surface area (Å²) in [5.74, 6) is -0.239. The fraction of sp³-hybridized carbons (Fsp3) is 0.0800. The zero-order valence-corrected chi connectivity index (χ0v) is 18.4. The predicted octanol–water partition coefficient (Wildman–Crippen LogP) is 5.84. The number of amides is 2. The molecule has 160 valence electrons. The second-order valence-electron chi connectivity index (χ2n) is 7.01. The molecule has 4 rings (SSSR count). The molecule has 1 fully saturated rings. The Balaban J connectivity index is 1.49. The van der Waals surface area contributed by atoms with Crippen LogP contribution in [0, 0.1) is 0 Å². The van der Waals surface area contributed by atoms with E-state index >= 15 is 0 Å². The van der Waals surface area contributed by atoms with E-state index in [0.717, 1.165) is 22.2 Å². The van der Waals surface area contributed by atoms with Crippen LogP contribution in [0.4, 0.5) is 4.79 Å². The maximum absolute atomic E-state index is 12.8. The van der Waals surface area contributed by atoms with Gasteiger partial charge < -0.3 is 4.74 Å². The van der Waals surface area contributed by atoms with Crippen molar-refractivity contribution < 1.29 is 19.1 Å². The number of rotatable bonds is 7. The first-order chi connectivity index (χ1) is 15.5. The summed E-state index contributed by atoms with van der Waals surface area (Å²) in [5, 5.41) is 0.0232. The van der Waals surface area contributed by atoms with Crippen LogP contribution in [0.1, 0.15) is 21.5 Å². The zero-order chi connectivity index (χ0) is 22.5. The zero-order valence-electron chi connectivity index (χ0n) is 16.9. The lowest BCUT2D eigenvalue weighted by molar-refractivity contribution is -0.122. The van der Waals surface area contributed by atoms with Gasteiger partial charge in [0.1, 0.15) is 12.4 Å². The summed E-state index contributed by atoms with van der Waals surface area (Å²) in [5.41, 5.74) is 2.08. The SMILES string of the molecule is O=C(CN1C(=O)S/C(=C\c2ccccc2OCc2ccccc2)C1=O)c1ccc(Cl)cc1. The summed E-state index contributed by atoms with van der Waals surface area (Å²) in [6.45, 7) is 0.0541. The molecular formula is C25H18ClNO4S. The first-order valence-electron chi connectivity index (χ1n) is 9.81. The van der Waals surface area contributed by atoms with E-state index in [2.05, 4.69) is 0 Å². The topological polar surface area (TPSA) is 63.7 Å². The van der Waals surface area contributed by atoms with E-state index in [-0.39, 0.29) is 17.2 Å². The number of carbonyl (C=O) groups excluding carboxylic acids is 3. The molecule has 0 N–H and O–H groups in total. The smallest absolute Gasteiger partial charge is 0.293 e. The van der Waals surface area contributed by atoms with E-state index in [1.165, 1.54) is 0 Å². The van der Waals surface area contributed by atoms with Crippen LogP contribution >= 0.6 is 23.4 Å². The molecule has 0 bridgehead atoms. The number of Topliss-reactive ketones (excluding diaryl/α,β-unsaturated/α-hetero) is 1. The fourth-order valence-corrected chi connectivity index (χ4v) is 4.07. The Morgan fingerprint density at radius 1 is 0.938 bits per heavy atom. The molecule has 3 aromatic carbocycles. The number of carbonyl (C=O) groups is 3. The van der Waals surface area contributed by atoms with Gasteiger partial charge in [0, 0.05) is 16.1 Å². The highest BCUT2D eigenvalue weighted by atomic mass is 35.5. The van der Waals surface area contributed by atoms with Gasteiger partial charge in [0.2, 0.25) is 0 Å². The molecule has 0 aromatic heterocycles. The van der Waals surface area contributed by atoms with Crippen LogP contribution in [0.25, 0.3) is 6.08 Å². The van der Waals surface area contributed by atoms with E-state index < -0.39 is 11.1 Å². The van der Waals surface area contributed by atoms with E-state index in [0.29, 0.717) is 28.5 Å². The molecule has 0 aliphatic carbocycles. The lowest BCUT2D eigenvalue weighted by Crippen LogP contribution is -2.33. The molecule has 0 atom stereocenters. The minimum Gasteiger partial charge on any atom is -0.488 e. The Morgan fingerprint density at radius 2 is 1.62 bits per heavy atom. The third-order valence-electron chi connectivity index (χ3n) is 4.78. The number of ether oxygens (including phenoxy) is 1. The molecule has 32 heavy (non-hydrogen) atoms. The molecule has 1 aliphatic heterocycles. The van der Waals surface area contributed by atoms with Crippen LogP contribution < -0.4 is 4.74 Å². The van der Waals surface area contributed by atoms with Gasteiger partial charge in [-0.05, 0) is 53.7 Å². The van der Waals surface area contributed by atoms with Crippen molar-refractivity contribution in [1.29, 1.82) is 0 Å². The van der Waals surface area contributed by atoms with E-state index in [9.17, 15) is 14.4 Å².